The molecule has 1 atom stereocenters. The standard InChI is InChI=1S/C21H19N3/c1-14-5-7-20-21(10-14)24-18(13-23-20)11-15(2)16-6-8-19-17(12-16)4-3-9-22-19/h3-10,12-13,15H,11H2,1-2H3. The van der Waals surface area contributed by atoms with Crippen molar-refractivity contribution in [3.63, 3.8) is 0 Å². The number of nitrogens with zero attached hydrogens (tertiary/aromatic N) is 3. The van der Waals surface area contributed by atoms with E-state index in [2.05, 4.69) is 60.2 Å². The molecule has 2 aromatic heterocycles. The first kappa shape index (κ1) is 14.8. The summed E-state index contributed by atoms with van der Waals surface area (Å²) < 4.78 is 0. The van der Waals surface area contributed by atoms with Gasteiger partial charge < -0.3 is 0 Å². The molecule has 0 aliphatic rings. The molecule has 3 heteroatoms. The number of aryl methyl sites for hydroxylation is 1. The maximum atomic E-state index is 4.79. The molecule has 0 N–H and O–H groups in total. The van der Waals surface area contributed by atoms with Gasteiger partial charge in [-0.1, -0.05) is 25.1 Å². The lowest BCUT2D eigenvalue weighted by atomic mass is 9.95. The van der Waals surface area contributed by atoms with Crippen molar-refractivity contribution in [2.75, 3.05) is 0 Å². The number of pyridine rings is 1. The van der Waals surface area contributed by atoms with Crippen molar-refractivity contribution in [3.8, 4) is 0 Å². The van der Waals surface area contributed by atoms with Crippen molar-refractivity contribution in [2.24, 2.45) is 0 Å². The highest BCUT2D eigenvalue weighted by Crippen LogP contribution is 2.23. The van der Waals surface area contributed by atoms with E-state index in [9.17, 15) is 0 Å². The molecule has 118 valence electrons. The Bertz CT molecular complexity index is 1020. The summed E-state index contributed by atoms with van der Waals surface area (Å²) in [5, 5.41) is 1.18. The van der Waals surface area contributed by atoms with E-state index >= 15 is 0 Å². The monoisotopic (exact) mass is 313 g/mol. The van der Waals surface area contributed by atoms with Crippen LogP contribution in [0.1, 0.15) is 29.7 Å². The molecule has 0 fully saturated rings. The number of hydrogen-bond donors (Lipinski definition) is 0. The van der Waals surface area contributed by atoms with Gasteiger partial charge in [0.05, 0.1) is 22.2 Å². The van der Waals surface area contributed by atoms with Gasteiger partial charge >= 0.3 is 0 Å². The van der Waals surface area contributed by atoms with Gasteiger partial charge in [-0.2, -0.15) is 0 Å². The minimum atomic E-state index is 0.381. The van der Waals surface area contributed by atoms with E-state index < -0.39 is 0 Å². The molecule has 0 saturated heterocycles. The van der Waals surface area contributed by atoms with E-state index in [1.165, 1.54) is 16.5 Å². The summed E-state index contributed by atoms with van der Waals surface area (Å²) in [7, 11) is 0. The van der Waals surface area contributed by atoms with Gasteiger partial charge in [0.2, 0.25) is 0 Å². The third kappa shape index (κ3) is 2.85. The van der Waals surface area contributed by atoms with E-state index in [1.807, 2.05) is 24.5 Å². The molecule has 4 aromatic rings. The Hall–Kier alpha value is -2.81. The van der Waals surface area contributed by atoms with Crippen LogP contribution in [0.3, 0.4) is 0 Å². The Morgan fingerprint density at radius 1 is 0.917 bits per heavy atom. The molecule has 3 nitrogen and oxygen atoms in total. The molecular weight excluding hydrogens is 294 g/mol. The summed E-state index contributed by atoms with van der Waals surface area (Å²) in [6, 6.07) is 16.8. The van der Waals surface area contributed by atoms with Gasteiger partial charge in [0.25, 0.3) is 0 Å². The summed E-state index contributed by atoms with van der Waals surface area (Å²) in [4.78, 5) is 13.7. The molecule has 0 bridgehead atoms. The van der Waals surface area contributed by atoms with Crippen molar-refractivity contribution in [2.45, 2.75) is 26.2 Å². The van der Waals surface area contributed by atoms with Crippen LogP contribution in [0.5, 0.6) is 0 Å². The summed E-state index contributed by atoms with van der Waals surface area (Å²) in [5.41, 5.74) is 6.52. The van der Waals surface area contributed by atoms with E-state index in [1.54, 1.807) is 0 Å². The van der Waals surface area contributed by atoms with Crippen LogP contribution in [0.4, 0.5) is 0 Å². The van der Waals surface area contributed by atoms with Crippen molar-refractivity contribution >= 4 is 21.9 Å². The Balaban J connectivity index is 1.63. The molecule has 0 radical (unpaired) electrons. The number of aromatic nitrogens is 3. The minimum absolute atomic E-state index is 0.381. The third-order valence-electron chi connectivity index (χ3n) is 4.46. The van der Waals surface area contributed by atoms with Crippen LogP contribution in [0.2, 0.25) is 0 Å². The Kier molecular flexibility index (Phi) is 3.69. The van der Waals surface area contributed by atoms with Crippen molar-refractivity contribution in [3.05, 3.63) is 77.7 Å². The third-order valence-corrected chi connectivity index (χ3v) is 4.46. The van der Waals surface area contributed by atoms with E-state index in [0.717, 1.165) is 28.7 Å². The van der Waals surface area contributed by atoms with Crippen LogP contribution >= 0.6 is 0 Å². The maximum Gasteiger partial charge on any atom is 0.0892 e. The van der Waals surface area contributed by atoms with Gasteiger partial charge in [-0.05, 0) is 60.7 Å². The second kappa shape index (κ2) is 6.00. The molecule has 0 saturated carbocycles. The Labute approximate surface area is 141 Å². The lowest BCUT2D eigenvalue weighted by Crippen LogP contribution is -2.02. The molecule has 0 aliphatic carbocycles. The first-order valence-corrected chi connectivity index (χ1v) is 8.26. The van der Waals surface area contributed by atoms with Crippen molar-refractivity contribution < 1.29 is 0 Å². The van der Waals surface area contributed by atoms with Crippen molar-refractivity contribution in [1.29, 1.82) is 0 Å². The molecule has 4 rings (SSSR count). The Morgan fingerprint density at radius 2 is 1.79 bits per heavy atom. The van der Waals surface area contributed by atoms with Gasteiger partial charge in [-0.3, -0.25) is 9.97 Å². The van der Waals surface area contributed by atoms with Crippen LogP contribution in [-0.4, -0.2) is 15.0 Å². The first-order valence-electron chi connectivity index (χ1n) is 8.26. The zero-order chi connectivity index (χ0) is 16.5. The van der Waals surface area contributed by atoms with E-state index in [0.29, 0.717) is 5.92 Å². The fourth-order valence-corrected chi connectivity index (χ4v) is 3.09. The van der Waals surface area contributed by atoms with Gasteiger partial charge in [0.1, 0.15) is 0 Å². The largest absolute Gasteiger partial charge is 0.256 e. The Morgan fingerprint density at radius 3 is 2.71 bits per heavy atom. The quantitative estimate of drug-likeness (QED) is 0.543. The second-order valence-corrected chi connectivity index (χ2v) is 6.41. The summed E-state index contributed by atoms with van der Waals surface area (Å²) >= 11 is 0. The summed E-state index contributed by atoms with van der Waals surface area (Å²) in [6.45, 7) is 4.32. The zero-order valence-corrected chi connectivity index (χ0v) is 13.9. The normalized spacial score (nSPS) is 12.6. The zero-order valence-electron chi connectivity index (χ0n) is 13.9. The molecule has 0 amide bonds. The molecule has 0 aliphatic heterocycles. The van der Waals surface area contributed by atoms with Crippen LogP contribution in [0, 0.1) is 6.92 Å². The highest BCUT2D eigenvalue weighted by atomic mass is 14.8. The van der Waals surface area contributed by atoms with Gasteiger partial charge in [0, 0.05) is 17.8 Å². The average Bonchev–Trinajstić information content (AvgIpc) is 2.61. The van der Waals surface area contributed by atoms with E-state index in [4.69, 9.17) is 4.98 Å². The average molecular weight is 313 g/mol. The van der Waals surface area contributed by atoms with Gasteiger partial charge in [0.15, 0.2) is 0 Å². The fourth-order valence-electron chi connectivity index (χ4n) is 3.09. The second-order valence-electron chi connectivity index (χ2n) is 6.41. The predicted molar refractivity (Wildman–Crippen MR) is 98.1 cm³/mol. The van der Waals surface area contributed by atoms with Crippen LogP contribution in [-0.2, 0) is 6.42 Å². The van der Waals surface area contributed by atoms with Crippen molar-refractivity contribution in [1.82, 2.24) is 15.0 Å². The summed E-state index contributed by atoms with van der Waals surface area (Å²) in [5.74, 6) is 0.381. The SMILES string of the molecule is Cc1ccc2ncc(CC(C)c3ccc4ncccc4c3)nc2c1. The summed E-state index contributed by atoms with van der Waals surface area (Å²) in [6.07, 6.45) is 4.61. The number of rotatable bonds is 3. The van der Waals surface area contributed by atoms with Gasteiger partial charge in [-0.15, -0.1) is 0 Å². The fraction of sp³-hybridized carbons (Fsp3) is 0.190. The van der Waals surface area contributed by atoms with Gasteiger partial charge in [-0.25, -0.2) is 4.98 Å². The maximum absolute atomic E-state index is 4.79. The lowest BCUT2D eigenvalue weighted by Gasteiger charge is -2.12. The molecular formula is C21H19N3. The molecule has 2 heterocycles. The van der Waals surface area contributed by atoms with Crippen LogP contribution in [0.15, 0.2) is 60.9 Å². The number of fused-ring (bicyclic) bond motifs is 2. The highest BCUT2D eigenvalue weighted by molar-refractivity contribution is 5.79. The molecule has 2 aromatic carbocycles. The number of benzene rings is 2. The van der Waals surface area contributed by atoms with Crippen LogP contribution in [0.25, 0.3) is 21.9 Å². The van der Waals surface area contributed by atoms with Crippen LogP contribution < -0.4 is 0 Å². The predicted octanol–water partition coefficient (Wildman–Crippen LogP) is 4.83. The molecule has 1 unspecified atom stereocenters. The topological polar surface area (TPSA) is 38.7 Å². The minimum Gasteiger partial charge on any atom is -0.256 e. The van der Waals surface area contributed by atoms with E-state index in [-0.39, 0.29) is 0 Å². The smallest absolute Gasteiger partial charge is 0.0892 e. The molecule has 0 spiro atoms. The highest BCUT2D eigenvalue weighted by Gasteiger charge is 2.10. The number of hydrogen-bond acceptors (Lipinski definition) is 3. The first-order chi connectivity index (χ1) is 11.7. The lowest BCUT2D eigenvalue weighted by molar-refractivity contribution is 0.741. The molecule has 24 heavy (non-hydrogen) atoms.